The lowest BCUT2D eigenvalue weighted by atomic mass is 10.1. The number of amides is 1. The molecule has 2 atom stereocenters. The molecule has 5 rings (SSSR count). The van der Waals surface area contributed by atoms with Crippen molar-refractivity contribution in [2.75, 3.05) is 13.2 Å². The molecule has 0 saturated heterocycles. The summed E-state index contributed by atoms with van der Waals surface area (Å²) in [6.07, 6.45) is 3.97. The number of hydrogen-bond donors (Lipinski definition) is 0. The van der Waals surface area contributed by atoms with E-state index in [2.05, 4.69) is 28.9 Å². The highest BCUT2D eigenvalue weighted by Gasteiger charge is 2.55. The van der Waals surface area contributed by atoms with Crippen LogP contribution < -0.4 is 0 Å². The van der Waals surface area contributed by atoms with Gasteiger partial charge in [-0.25, -0.2) is 4.79 Å². The second-order valence-corrected chi connectivity index (χ2v) is 8.95. The maximum Gasteiger partial charge on any atom is 0.410 e. The molecule has 7 heteroatoms. The molecule has 2 aliphatic carbocycles. The fourth-order valence-corrected chi connectivity index (χ4v) is 4.30. The molecule has 0 unspecified atom stereocenters. The Morgan fingerprint density at radius 2 is 1.94 bits per heavy atom. The molecule has 2 aliphatic rings. The van der Waals surface area contributed by atoms with Crippen LogP contribution in [0.4, 0.5) is 4.79 Å². The van der Waals surface area contributed by atoms with Crippen LogP contribution in [0.2, 0.25) is 5.02 Å². The van der Waals surface area contributed by atoms with E-state index in [1.807, 2.05) is 35.2 Å². The maximum absolute atomic E-state index is 12.9. The van der Waals surface area contributed by atoms with E-state index >= 15 is 0 Å². The minimum absolute atomic E-state index is 0.103. The lowest BCUT2D eigenvalue weighted by molar-refractivity contribution is 0.103. The van der Waals surface area contributed by atoms with E-state index in [1.54, 1.807) is 18.2 Å². The van der Waals surface area contributed by atoms with E-state index in [-0.39, 0.29) is 24.2 Å². The first kappa shape index (κ1) is 20.8. The maximum atomic E-state index is 12.9. The highest BCUT2D eigenvalue weighted by molar-refractivity contribution is 6.30. The van der Waals surface area contributed by atoms with Crippen LogP contribution in [0.15, 0.2) is 71.7 Å². The summed E-state index contributed by atoms with van der Waals surface area (Å²) in [7, 11) is 0. The summed E-state index contributed by atoms with van der Waals surface area (Å²) < 4.78 is 11.5. The average Bonchev–Trinajstić information content (AvgIpc) is 3.73. The second kappa shape index (κ2) is 8.43. The zero-order valence-electron chi connectivity index (χ0n) is 17.6. The van der Waals surface area contributed by atoms with Gasteiger partial charge >= 0.3 is 6.09 Å². The first-order chi connectivity index (χ1) is 15.6. The molecule has 3 aromatic rings. The van der Waals surface area contributed by atoms with Crippen LogP contribution in [0, 0.1) is 0 Å². The van der Waals surface area contributed by atoms with E-state index in [0.29, 0.717) is 29.3 Å². The second-order valence-electron chi connectivity index (χ2n) is 8.51. The Kier molecular flexibility index (Phi) is 5.47. The number of halogens is 1. The summed E-state index contributed by atoms with van der Waals surface area (Å²) in [5.41, 5.74) is 1.73. The zero-order chi connectivity index (χ0) is 22.1. The Labute approximate surface area is 191 Å². The Balaban J connectivity index is 1.36. The Morgan fingerprint density at radius 3 is 2.62 bits per heavy atom. The van der Waals surface area contributed by atoms with Gasteiger partial charge in [0.05, 0.1) is 5.41 Å². The standard InChI is InChI=1S/C25H24ClN3O3/c1-2-14-31-24(30)29(21-15-20(21)17-6-4-3-5-7-17)16-25(12-13-25)23-28-27-22(32-23)18-8-10-19(26)11-9-18/h2-11,20-21H,1,12-16H2/t20-,21+/m1/s1. The zero-order valence-corrected chi connectivity index (χ0v) is 18.4. The normalized spacial score (nSPS) is 20.4. The largest absolute Gasteiger partial charge is 0.445 e. The molecule has 1 heterocycles. The first-order valence-electron chi connectivity index (χ1n) is 10.8. The highest BCUT2D eigenvalue weighted by Crippen LogP contribution is 2.52. The number of benzene rings is 2. The summed E-state index contributed by atoms with van der Waals surface area (Å²) in [6, 6.07) is 17.7. The lowest BCUT2D eigenvalue weighted by Crippen LogP contribution is -2.40. The van der Waals surface area contributed by atoms with Crippen molar-refractivity contribution in [1.29, 1.82) is 0 Å². The molecule has 2 fully saturated rings. The molecule has 164 valence electrons. The van der Waals surface area contributed by atoms with Crippen molar-refractivity contribution in [1.82, 2.24) is 15.1 Å². The van der Waals surface area contributed by atoms with Gasteiger partial charge in [0.1, 0.15) is 6.61 Å². The molecule has 2 saturated carbocycles. The smallest absolute Gasteiger partial charge is 0.410 e. The van der Waals surface area contributed by atoms with Crippen LogP contribution in [-0.4, -0.2) is 40.4 Å². The quantitative estimate of drug-likeness (QED) is 0.418. The summed E-state index contributed by atoms with van der Waals surface area (Å²) in [5, 5.41) is 9.23. The Morgan fingerprint density at radius 1 is 1.19 bits per heavy atom. The van der Waals surface area contributed by atoms with E-state index in [4.69, 9.17) is 20.8 Å². The van der Waals surface area contributed by atoms with Crippen LogP contribution in [0.3, 0.4) is 0 Å². The van der Waals surface area contributed by atoms with E-state index in [0.717, 1.165) is 24.8 Å². The molecule has 0 spiro atoms. The lowest BCUT2D eigenvalue weighted by Gasteiger charge is -2.26. The highest BCUT2D eigenvalue weighted by atomic mass is 35.5. The van der Waals surface area contributed by atoms with Crippen molar-refractivity contribution in [2.45, 2.75) is 36.6 Å². The third-order valence-electron chi connectivity index (χ3n) is 6.24. The molecule has 0 bridgehead atoms. The molecule has 1 amide bonds. The van der Waals surface area contributed by atoms with E-state index in [9.17, 15) is 4.79 Å². The van der Waals surface area contributed by atoms with Crippen molar-refractivity contribution in [3.63, 3.8) is 0 Å². The summed E-state index contributed by atoms with van der Waals surface area (Å²) >= 11 is 5.98. The average molecular weight is 450 g/mol. The topological polar surface area (TPSA) is 68.5 Å². The van der Waals surface area contributed by atoms with Gasteiger partial charge in [-0.3, -0.25) is 0 Å². The van der Waals surface area contributed by atoms with Crippen LogP contribution in [0.1, 0.15) is 36.6 Å². The van der Waals surface area contributed by atoms with Gasteiger partial charge in [0.2, 0.25) is 11.8 Å². The predicted octanol–water partition coefficient (Wildman–Crippen LogP) is 5.60. The minimum atomic E-state index is -0.325. The van der Waals surface area contributed by atoms with Gasteiger partial charge in [0.25, 0.3) is 0 Å². The molecule has 1 aromatic heterocycles. The number of ether oxygens (including phenoxy) is 1. The monoisotopic (exact) mass is 449 g/mol. The van der Waals surface area contributed by atoms with Crippen molar-refractivity contribution < 1.29 is 13.9 Å². The van der Waals surface area contributed by atoms with Crippen LogP contribution >= 0.6 is 11.6 Å². The summed E-state index contributed by atoms with van der Waals surface area (Å²) in [4.78, 5) is 14.8. The van der Waals surface area contributed by atoms with Crippen LogP contribution in [0.5, 0.6) is 0 Å². The SMILES string of the molecule is C=CCOC(=O)N(CC1(c2nnc(-c3ccc(Cl)cc3)o2)CC1)[C@H]1C[C@@H]1c1ccccc1. The third-order valence-corrected chi connectivity index (χ3v) is 6.49. The number of nitrogens with zero attached hydrogens (tertiary/aromatic N) is 3. The third kappa shape index (κ3) is 4.15. The Bertz CT molecular complexity index is 1110. The number of carbonyl (C=O) groups is 1. The fraction of sp³-hybridized carbons (Fsp3) is 0.320. The van der Waals surface area contributed by atoms with Gasteiger partial charge < -0.3 is 14.1 Å². The molecule has 32 heavy (non-hydrogen) atoms. The molecule has 0 radical (unpaired) electrons. The van der Waals surface area contributed by atoms with Gasteiger partial charge in [0.15, 0.2) is 0 Å². The number of hydrogen-bond acceptors (Lipinski definition) is 5. The predicted molar refractivity (Wildman–Crippen MR) is 121 cm³/mol. The molecular weight excluding hydrogens is 426 g/mol. The molecule has 6 nitrogen and oxygen atoms in total. The molecule has 0 N–H and O–H groups in total. The number of aromatic nitrogens is 2. The summed E-state index contributed by atoms with van der Waals surface area (Å²) in [6.45, 7) is 4.34. The van der Waals surface area contributed by atoms with Crippen LogP contribution in [-0.2, 0) is 10.2 Å². The van der Waals surface area contributed by atoms with Crippen molar-refractivity contribution in [2.24, 2.45) is 0 Å². The summed E-state index contributed by atoms with van der Waals surface area (Å²) in [5.74, 6) is 1.34. The van der Waals surface area contributed by atoms with E-state index < -0.39 is 0 Å². The molecule has 2 aromatic carbocycles. The van der Waals surface area contributed by atoms with Crippen molar-refractivity contribution >= 4 is 17.7 Å². The van der Waals surface area contributed by atoms with E-state index in [1.165, 1.54) is 5.56 Å². The van der Waals surface area contributed by atoms with Gasteiger partial charge in [-0.05, 0) is 49.1 Å². The number of carbonyl (C=O) groups excluding carboxylic acids is 1. The van der Waals surface area contributed by atoms with Crippen molar-refractivity contribution in [3.05, 3.63) is 83.7 Å². The van der Waals surface area contributed by atoms with Crippen LogP contribution in [0.25, 0.3) is 11.5 Å². The fourth-order valence-electron chi connectivity index (χ4n) is 4.18. The van der Waals surface area contributed by atoms with Gasteiger partial charge in [-0.1, -0.05) is 54.6 Å². The number of rotatable bonds is 8. The van der Waals surface area contributed by atoms with Gasteiger partial charge in [-0.15, -0.1) is 10.2 Å². The molecular formula is C25H24ClN3O3. The van der Waals surface area contributed by atoms with Gasteiger partial charge in [0, 0.05) is 29.1 Å². The van der Waals surface area contributed by atoms with Gasteiger partial charge in [-0.2, -0.15) is 0 Å². The van der Waals surface area contributed by atoms with Crippen molar-refractivity contribution in [3.8, 4) is 11.5 Å². The first-order valence-corrected chi connectivity index (χ1v) is 11.2. The Hall–Kier alpha value is -3.12. The molecule has 0 aliphatic heterocycles. The minimum Gasteiger partial charge on any atom is -0.445 e.